The Balaban J connectivity index is 2.31. The average molecular weight is 217 g/mol. The summed E-state index contributed by atoms with van der Waals surface area (Å²) in [5, 5.41) is 17.3. The van der Waals surface area contributed by atoms with Crippen molar-refractivity contribution in [1.29, 1.82) is 0 Å². The van der Waals surface area contributed by atoms with Gasteiger partial charge in [-0.05, 0) is 19.8 Å². The molecule has 0 unspecified atom stereocenters. The van der Waals surface area contributed by atoms with Crippen LogP contribution < -0.4 is 0 Å². The monoisotopic (exact) mass is 217 g/mol. The highest BCUT2D eigenvalue weighted by Gasteiger charge is 2.25. The molecule has 0 aromatic heterocycles. The summed E-state index contributed by atoms with van der Waals surface area (Å²) < 4.78 is 5.26. The van der Waals surface area contributed by atoms with Gasteiger partial charge in [-0.3, -0.25) is 0 Å². The summed E-state index contributed by atoms with van der Waals surface area (Å²) in [5.74, 6) is -0.990. The fourth-order valence-corrected chi connectivity index (χ4v) is 1.53. The zero-order valence-corrected chi connectivity index (χ0v) is 8.55. The Morgan fingerprint density at radius 2 is 1.87 bits per heavy atom. The van der Waals surface area contributed by atoms with E-state index in [1.165, 1.54) is 11.8 Å². The highest BCUT2D eigenvalue weighted by atomic mass is 16.5. The van der Waals surface area contributed by atoms with Gasteiger partial charge in [-0.2, -0.15) is 0 Å². The maximum Gasteiger partial charge on any atom is 0.407 e. The van der Waals surface area contributed by atoms with Gasteiger partial charge in [0.05, 0.1) is 6.10 Å². The van der Waals surface area contributed by atoms with E-state index in [1.54, 1.807) is 0 Å². The van der Waals surface area contributed by atoms with Crippen molar-refractivity contribution in [3.63, 3.8) is 0 Å². The third kappa shape index (κ3) is 3.39. The minimum absolute atomic E-state index is 0.147. The number of amides is 1. The quantitative estimate of drug-likeness (QED) is 0.723. The maximum atomic E-state index is 10.6. The molecule has 1 rings (SSSR count). The molecular weight excluding hydrogens is 202 g/mol. The molecule has 1 saturated heterocycles. The van der Waals surface area contributed by atoms with Gasteiger partial charge in [0.2, 0.25) is 0 Å². The zero-order valence-electron chi connectivity index (χ0n) is 8.55. The third-order valence-electron chi connectivity index (χ3n) is 2.46. The van der Waals surface area contributed by atoms with Gasteiger partial charge >= 0.3 is 12.1 Å². The molecule has 0 aromatic carbocycles. The first-order chi connectivity index (χ1) is 7.00. The zero-order chi connectivity index (χ0) is 11.4. The van der Waals surface area contributed by atoms with Gasteiger partial charge < -0.3 is 19.8 Å². The van der Waals surface area contributed by atoms with Crippen molar-refractivity contribution in [3.05, 3.63) is 0 Å². The normalized spacial score (nSPS) is 19.9. The number of carbonyl (C=O) groups is 2. The van der Waals surface area contributed by atoms with E-state index < -0.39 is 18.2 Å². The predicted octanol–water partition coefficient (Wildman–Crippen LogP) is 0.619. The van der Waals surface area contributed by atoms with Gasteiger partial charge in [0.25, 0.3) is 0 Å². The minimum Gasteiger partial charge on any atom is -0.479 e. The summed E-state index contributed by atoms with van der Waals surface area (Å²) in [4.78, 5) is 22.4. The van der Waals surface area contributed by atoms with Gasteiger partial charge in [-0.15, -0.1) is 0 Å². The van der Waals surface area contributed by atoms with E-state index in [-0.39, 0.29) is 6.10 Å². The molecule has 1 atom stereocenters. The number of rotatable bonds is 3. The second-order valence-electron chi connectivity index (χ2n) is 3.59. The Morgan fingerprint density at radius 1 is 1.33 bits per heavy atom. The van der Waals surface area contributed by atoms with E-state index in [1.807, 2.05) is 0 Å². The first-order valence-corrected chi connectivity index (χ1v) is 4.87. The summed E-state index contributed by atoms with van der Waals surface area (Å²) >= 11 is 0. The van der Waals surface area contributed by atoms with E-state index in [2.05, 4.69) is 0 Å². The van der Waals surface area contributed by atoms with E-state index in [0.717, 1.165) is 0 Å². The van der Waals surface area contributed by atoms with E-state index in [0.29, 0.717) is 25.9 Å². The highest BCUT2D eigenvalue weighted by molar-refractivity contribution is 5.71. The molecule has 0 aromatic rings. The van der Waals surface area contributed by atoms with Crippen molar-refractivity contribution in [2.24, 2.45) is 0 Å². The van der Waals surface area contributed by atoms with Gasteiger partial charge in [0, 0.05) is 13.1 Å². The van der Waals surface area contributed by atoms with Gasteiger partial charge in [-0.1, -0.05) is 0 Å². The van der Waals surface area contributed by atoms with E-state index in [9.17, 15) is 9.59 Å². The lowest BCUT2D eigenvalue weighted by Gasteiger charge is -2.30. The molecular formula is C9H15NO5. The Labute approximate surface area is 87.4 Å². The number of carboxylic acid groups (broad SMARTS) is 2. The standard InChI is InChI=1S/C9H15NO5/c1-6(8(11)12)15-7-2-4-10(5-3-7)9(13)14/h6-7H,2-5H2,1H3,(H,11,12)(H,13,14)/t6-/m1/s1. The number of nitrogens with zero attached hydrogens (tertiary/aromatic N) is 1. The van der Waals surface area contributed by atoms with E-state index >= 15 is 0 Å². The second-order valence-corrected chi connectivity index (χ2v) is 3.59. The SMILES string of the molecule is C[C@@H](OC1CCN(C(=O)O)CC1)C(=O)O. The predicted molar refractivity (Wildman–Crippen MR) is 50.8 cm³/mol. The Kier molecular flexibility index (Phi) is 3.90. The number of hydrogen-bond donors (Lipinski definition) is 2. The lowest BCUT2D eigenvalue weighted by Crippen LogP contribution is -2.41. The molecule has 0 aliphatic carbocycles. The van der Waals surface area contributed by atoms with Crippen LogP contribution in [0.5, 0.6) is 0 Å². The molecule has 1 amide bonds. The number of piperidine rings is 1. The van der Waals surface area contributed by atoms with Crippen LogP contribution in [0.3, 0.4) is 0 Å². The van der Waals surface area contributed by atoms with Crippen molar-refractivity contribution in [2.75, 3.05) is 13.1 Å². The number of hydrogen-bond acceptors (Lipinski definition) is 3. The molecule has 0 spiro atoms. The first-order valence-electron chi connectivity index (χ1n) is 4.87. The molecule has 0 bridgehead atoms. The Bertz CT molecular complexity index is 247. The van der Waals surface area contributed by atoms with Crippen LogP contribution >= 0.6 is 0 Å². The Hall–Kier alpha value is -1.30. The Morgan fingerprint density at radius 3 is 2.27 bits per heavy atom. The van der Waals surface area contributed by atoms with Crippen molar-refractivity contribution < 1.29 is 24.5 Å². The van der Waals surface area contributed by atoms with Crippen LogP contribution in [0.15, 0.2) is 0 Å². The smallest absolute Gasteiger partial charge is 0.407 e. The maximum absolute atomic E-state index is 10.6. The molecule has 1 aliphatic rings. The fraction of sp³-hybridized carbons (Fsp3) is 0.778. The van der Waals surface area contributed by atoms with Crippen LogP contribution in [-0.4, -0.2) is 52.5 Å². The van der Waals surface area contributed by atoms with Gasteiger partial charge in [-0.25, -0.2) is 9.59 Å². The summed E-state index contributed by atoms with van der Waals surface area (Å²) in [6.07, 6.45) is -0.786. The third-order valence-corrected chi connectivity index (χ3v) is 2.46. The molecule has 2 N–H and O–H groups in total. The number of aliphatic carboxylic acids is 1. The van der Waals surface area contributed by atoms with Gasteiger partial charge in [0.1, 0.15) is 0 Å². The molecule has 6 heteroatoms. The summed E-state index contributed by atoms with van der Waals surface area (Å²) in [6.45, 7) is 2.30. The topological polar surface area (TPSA) is 87.1 Å². The van der Waals surface area contributed by atoms with Crippen molar-refractivity contribution in [3.8, 4) is 0 Å². The van der Waals surface area contributed by atoms with Crippen LogP contribution in [0.1, 0.15) is 19.8 Å². The van der Waals surface area contributed by atoms with Crippen LogP contribution in [-0.2, 0) is 9.53 Å². The van der Waals surface area contributed by atoms with Crippen LogP contribution in [0.2, 0.25) is 0 Å². The molecule has 6 nitrogen and oxygen atoms in total. The molecule has 1 fully saturated rings. The van der Waals surface area contributed by atoms with Crippen molar-refractivity contribution in [1.82, 2.24) is 4.90 Å². The summed E-state index contributed by atoms with van der Waals surface area (Å²) in [6, 6.07) is 0. The summed E-state index contributed by atoms with van der Waals surface area (Å²) in [7, 11) is 0. The van der Waals surface area contributed by atoms with Crippen molar-refractivity contribution >= 4 is 12.1 Å². The fourth-order valence-electron chi connectivity index (χ4n) is 1.53. The van der Waals surface area contributed by atoms with Gasteiger partial charge in [0.15, 0.2) is 6.10 Å². The molecule has 1 heterocycles. The number of carboxylic acids is 1. The molecule has 0 saturated carbocycles. The minimum atomic E-state index is -0.990. The largest absolute Gasteiger partial charge is 0.479 e. The lowest BCUT2D eigenvalue weighted by molar-refractivity contribution is -0.154. The molecule has 0 radical (unpaired) electrons. The number of likely N-dealkylation sites (tertiary alicyclic amines) is 1. The van der Waals surface area contributed by atoms with Crippen LogP contribution in [0.4, 0.5) is 4.79 Å². The second kappa shape index (κ2) is 4.97. The van der Waals surface area contributed by atoms with E-state index in [4.69, 9.17) is 14.9 Å². The first kappa shape index (κ1) is 11.8. The van der Waals surface area contributed by atoms with Crippen LogP contribution in [0, 0.1) is 0 Å². The molecule has 1 aliphatic heterocycles. The summed E-state index contributed by atoms with van der Waals surface area (Å²) in [5.41, 5.74) is 0. The average Bonchev–Trinajstić information content (AvgIpc) is 2.18. The molecule has 86 valence electrons. The highest BCUT2D eigenvalue weighted by Crippen LogP contribution is 2.15. The lowest BCUT2D eigenvalue weighted by atomic mass is 10.1. The number of ether oxygens (including phenoxy) is 1. The van der Waals surface area contributed by atoms with Crippen molar-refractivity contribution in [2.45, 2.75) is 32.0 Å². The van der Waals surface area contributed by atoms with Crippen LogP contribution in [0.25, 0.3) is 0 Å². The molecule has 15 heavy (non-hydrogen) atoms.